The van der Waals surface area contributed by atoms with Gasteiger partial charge in [0.2, 0.25) is 0 Å². The highest BCUT2D eigenvalue weighted by atomic mass is 16.6. The Kier molecular flexibility index (Phi) is 4.89. The first-order chi connectivity index (χ1) is 9.58. The quantitative estimate of drug-likeness (QED) is 0.637. The molecule has 1 saturated heterocycles. The van der Waals surface area contributed by atoms with Crippen molar-refractivity contribution in [3.63, 3.8) is 0 Å². The number of nitrogens with one attached hydrogen (secondary N) is 1. The summed E-state index contributed by atoms with van der Waals surface area (Å²) in [5, 5.41) is 13.0. The van der Waals surface area contributed by atoms with Crippen molar-refractivity contribution in [1.82, 2.24) is 15.3 Å². The number of nitro groups is 1. The number of hydrogen-bond donors (Lipinski definition) is 1. The van der Waals surface area contributed by atoms with Crippen LogP contribution in [-0.2, 0) is 6.54 Å². The molecule has 0 radical (unpaired) electrons. The SMILES string of the molecule is COc1cc(CNN2CCN(C)CC2)cc([N+](=O)[O-])c1. The topological polar surface area (TPSA) is 70.9 Å². The molecule has 20 heavy (non-hydrogen) atoms. The van der Waals surface area contributed by atoms with E-state index >= 15 is 0 Å². The van der Waals surface area contributed by atoms with Crippen molar-refractivity contribution in [1.29, 1.82) is 0 Å². The van der Waals surface area contributed by atoms with E-state index < -0.39 is 4.92 Å². The predicted molar refractivity (Wildman–Crippen MR) is 75.6 cm³/mol. The maximum absolute atomic E-state index is 10.9. The smallest absolute Gasteiger partial charge is 0.273 e. The number of rotatable bonds is 5. The Bertz CT molecular complexity index is 473. The number of likely N-dealkylation sites (N-methyl/N-ethyl adjacent to an activating group) is 1. The monoisotopic (exact) mass is 280 g/mol. The summed E-state index contributed by atoms with van der Waals surface area (Å²) >= 11 is 0. The molecule has 0 saturated carbocycles. The number of nitro benzene ring substituents is 1. The highest BCUT2D eigenvalue weighted by molar-refractivity contribution is 5.42. The molecule has 1 aliphatic heterocycles. The minimum atomic E-state index is -0.401. The van der Waals surface area contributed by atoms with Crippen molar-refractivity contribution in [3.8, 4) is 5.75 Å². The molecular formula is C13H20N4O3. The van der Waals surface area contributed by atoms with Crippen LogP contribution >= 0.6 is 0 Å². The lowest BCUT2D eigenvalue weighted by Crippen LogP contribution is -2.50. The zero-order valence-electron chi connectivity index (χ0n) is 11.8. The van der Waals surface area contributed by atoms with E-state index in [1.54, 1.807) is 6.07 Å². The van der Waals surface area contributed by atoms with Gasteiger partial charge in [-0.05, 0) is 18.7 Å². The van der Waals surface area contributed by atoms with Crippen LogP contribution in [0.15, 0.2) is 18.2 Å². The van der Waals surface area contributed by atoms with E-state index in [0.717, 1.165) is 31.7 Å². The van der Waals surface area contributed by atoms with Gasteiger partial charge in [-0.3, -0.25) is 15.5 Å². The van der Waals surface area contributed by atoms with E-state index in [1.807, 2.05) is 6.07 Å². The van der Waals surface area contributed by atoms with Crippen LogP contribution < -0.4 is 10.2 Å². The van der Waals surface area contributed by atoms with Gasteiger partial charge >= 0.3 is 0 Å². The van der Waals surface area contributed by atoms with E-state index in [4.69, 9.17) is 4.74 Å². The van der Waals surface area contributed by atoms with Crippen molar-refractivity contribution in [3.05, 3.63) is 33.9 Å². The van der Waals surface area contributed by atoms with Crippen LogP contribution in [0.3, 0.4) is 0 Å². The summed E-state index contributed by atoms with van der Waals surface area (Å²) < 4.78 is 5.10. The van der Waals surface area contributed by atoms with Crippen LogP contribution in [0.1, 0.15) is 5.56 Å². The zero-order valence-corrected chi connectivity index (χ0v) is 11.8. The number of benzene rings is 1. The average molecular weight is 280 g/mol. The number of nitrogens with zero attached hydrogens (tertiary/aromatic N) is 3. The molecule has 0 amide bonds. The van der Waals surface area contributed by atoms with Crippen LogP contribution in [0.2, 0.25) is 0 Å². The van der Waals surface area contributed by atoms with E-state index in [1.165, 1.54) is 13.2 Å². The number of methoxy groups -OCH3 is 1. The fourth-order valence-electron chi connectivity index (χ4n) is 2.14. The summed E-state index contributed by atoms with van der Waals surface area (Å²) in [5.41, 5.74) is 4.20. The van der Waals surface area contributed by atoms with Crippen LogP contribution in [0.5, 0.6) is 5.75 Å². The molecule has 2 rings (SSSR count). The zero-order chi connectivity index (χ0) is 14.5. The van der Waals surface area contributed by atoms with Gasteiger partial charge in [0.1, 0.15) is 5.75 Å². The Labute approximate surface area is 118 Å². The maximum atomic E-state index is 10.9. The number of hydrogen-bond acceptors (Lipinski definition) is 6. The fraction of sp³-hybridized carbons (Fsp3) is 0.538. The van der Waals surface area contributed by atoms with Gasteiger partial charge in [0.25, 0.3) is 5.69 Å². The van der Waals surface area contributed by atoms with Gasteiger partial charge < -0.3 is 9.64 Å². The van der Waals surface area contributed by atoms with Crippen LogP contribution in [0, 0.1) is 10.1 Å². The van der Waals surface area contributed by atoms with Gasteiger partial charge in [0.15, 0.2) is 0 Å². The summed E-state index contributed by atoms with van der Waals surface area (Å²) in [6, 6.07) is 4.82. The summed E-state index contributed by atoms with van der Waals surface area (Å²) in [7, 11) is 3.61. The van der Waals surface area contributed by atoms with Crippen molar-refractivity contribution < 1.29 is 9.66 Å². The third-order valence-electron chi connectivity index (χ3n) is 3.41. The molecule has 1 N–H and O–H groups in total. The van der Waals surface area contributed by atoms with Crippen LogP contribution in [0.4, 0.5) is 5.69 Å². The molecule has 110 valence electrons. The Morgan fingerprint density at radius 3 is 2.60 bits per heavy atom. The summed E-state index contributed by atoms with van der Waals surface area (Å²) in [5.74, 6) is 0.509. The number of piperazine rings is 1. The molecule has 1 fully saturated rings. The van der Waals surface area contributed by atoms with Gasteiger partial charge in [-0.1, -0.05) is 0 Å². The average Bonchev–Trinajstić information content (AvgIpc) is 2.46. The molecule has 0 aliphatic carbocycles. The standard InChI is InChI=1S/C13H20N4O3/c1-15-3-5-16(6-4-15)14-10-11-7-12(17(18)19)9-13(8-11)20-2/h7-9,14H,3-6,10H2,1-2H3. The van der Waals surface area contributed by atoms with Crippen molar-refractivity contribution in [2.24, 2.45) is 0 Å². The first-order valence-electron chi connectivity index (χ1n) is 6.58. The minimum Gasteiger partial charge on any atom is -0.496 e. The van der Waals surface area contributed by atoms with Gasteiger partial charge in [0, 0.05) is 38.8 Å². The lowest BCUT2D eigenvalue weighted by Gasteiger charge is -2.32. The number of non-ortho nitro benzene ring substituents is 1. The molecular weight excluding hydrogens is 260 g/mol. The second-order valence-electron chi connectivity index (χ2n) is 4.92. The minimum absolute atomic E-state index is 0.0551. The van der Waals surface area contributed by atoms with E-state index in [0.29, 0.717) is 12.3 Å². The molecule has 0 spiro atoms. The second-order valence-corrected chi connectivity index (χ2v) is 4.92. The van der Waals surface area contributed by atoms with Crippen molar-refractivity contribution in [2.75, 3.05) is 40.3 Å². The highest BCUT2D eigenvalue weighted by Crippen LogP contribution is 2.22. The van der Waals surface area contributed by atoms with Crippen molar-refractivity contribution in [2.45, 2.75) is 6.54 Å². The van der Waals surface area contributed by atoms with Crippen molar-refractivity contribution >= 4 is 5.69 Å². The molecule has 1 aromatic rings. The van der Waals surface area contributed by atoms with E-state index in [9.17, 15) is 10.1 Å². The van der Waals surface area contributed by atoms with E-state index in [2.05, 4.69) is 22.4 Å². The first-order valence-corrected chi connectivity index (χ1v) is 6.58. The molecule has 7 nitrogen and oxygen atoms in total. The lowest BCUT2D eigenvalue weighted by atomic mass is 10.2. The van der Waals surface area contributed by atoms with Crippen LogP contribution in [0.25, 0.3) is 0 Å². The first kappa shape index (κ1) is 14.7. The number of ether oxygens (including phenoxy) is 1. The van der Waals surface area contributed by atoms with E-state index in [-0.39, 0.29) is 5.69 Å². The Hall–Kier alpha value is -1.70. The summed E-state index contributed by atoms with van der Waals surface area (Å²) in [6.07, 6.45) is 0. The Morgan fingerprint density at radius 1 is 1.30 bits per heavy atom. The van der Waals surface area contributed by atoms with Crippen LogP contribution in [-0.4, -0.2) is 55.2 Å². The molecule has 0 aromatic heterocycles. The molecule has 7 heteroatoms. The Morgan fingerprint density at radius 2 is 2.00 bits per heavy atom. The maximum Gasteiger partial charge on any atom is 0.273 e. The third kappa shape index (κ3) is 3.89. The molecule has 0 atom stereocenters. The van der Waals surface area contributed by atoms with Gasteiger partial charge in [-0.15, -0.1) is 0 Å². The summed E-state index contributed by atoms with van der Waals surface area (Å²) in [6.45, 7) is 4.49. The third-order valence-corrected chi connectivity index (χ3v) is 3.41. The lowest BCUT2D eigenvalue weighted by molar-refractivity contribution is -0.385. The fourth-order valence-corrected chi connectivity index (χ4v) is 2.14. The molecule has 1 aliphatic rings. The highest BCUT2D eigenvalue weighted by Gasteiger charge is 2.14. The normalized spacial score (nSPS) is 17.1. The van der Waals surface area contributed by atoms with Gasteiger partial charge in [-0.25, -0.2) is 5.01 Å². The van der Waals surface area contributed by atoms with Gasteiger partial charge in [-0.2, -0.15) is 0 Å². The largest absolute Gasteiger partial charge is 0.496 e. The molecule has 1 heterocycles. The van der Waals surface area contributed by atoms with Gasteiger partial charge in [0.05, 0.1) is 18.1 Å². The predicted octanol–water partition coefficient (Wildman–Crippen LogP) is 0.855. The second kappa shape index (κ2) is 6.65. The Balaban J connectivity index is 1.98. The molecule has 0 unspecified atom stereocenters. The number of hydrazine groups is 1. The molecule has 1 aromatic carbocycles. The molecule has 0 bridgehead atoms. The summed E-state index contributed by atoms with van der Waals surface area (Å²) in [4.78, 5) is 12.7.